The van der Waals surface area contributed by atoms with Gasteiger partial charge in [0, 0.05) is 6.04 Å². The average Bonchev–Trinajstić information content (AvgIpc) is 2.34. The highest BCUT2D eigenvalue weighted by Gasteiger charge is 2.39. The third kappa shape index (κ3) is 3.93. The SMILES string of the molecule is CC([C@H](C)NNc1cccc(C#N)c1)C(F)(F)F. The van der Waals surface area contributed by atoms with Crippen molar-refractivity contribution in [1.29, 1.82) is 5.26 Å². The number of nitrogens with one attached hydrogen (secondary N) is 2. The molecule has 0 aromatic heterocycles. The van der Waals surface area contributed by atoms with Gasteiger partial charge in [0.2, 0.25) is 0 Å². The maximum absolute atomic E-state index is 12.4. The van der Waals surface area contributed by atoms with Crippen LogP contribution in [0.3, 0.4) is 0 Å². The van der Waals surface area contributed by atoms with Gasteiger partial charge in [0.15, 0.2) is 0 Å². The Morgan fingerprint density at radius 3 is 2.50 bits per heavy atom. The van der Waals surface area contributed by atoms with Crippen molar-refractivity contribution in [2.75, 3.05) is 5.43 Å². The third-order valence-corrected chi connectivity index (χ3v) is 2.70. The minimum atomic E-state index is -4.23. The van der Waals surface area contributed by atoms with Crippen LogP contribution in [0.4, 0.5) is 18.9 Å². The first-order chi connectivity index (χ1) is 8.34. The second-order valence-electron chi connectivity index (χ2n) is 4.08. The van der Waals surface area contributed by atoms with Gasteiger partial charge in [-0.3, -0.25) is 0 Å². The van der Waals surface area contributed by atoms with Gasteiger partial charge in [-0.1, -0.05) is 13.0 Å². The molecule has 6 heteroatoms. The van der Waals surface area contributed by atoms with Crippen molar-refractivity contribution in [2.45, 2.75) is 26.1 Å². The fourth-order valence-corrected chi connectivity index (χ4v) is 1.27. The number of hydrazine groups is 1. The number of alkyl halides is 3. The Morgan fingerprint density at radius 2 is 1.94 bits per heavy atom. The number of benzene rings is 1. The summed E-state index contributed by atoms with van der Waals surface area (Å²) in [6.45, 7) is 2.56. The molecule has 1 aromatic carbocycles. The quantitative estimate of drug-likeness (QED) is 0.815. The van der Waals surface area contributed by atoms with Crippen molar-refractivity contribution in [3.8, 4) is 6.07 Å². The van der Waals surface area contributed by atoms with Crippen LogP contribution in [-0.2, 0) is 0 Å². The summed E-state index contributed by atoms with van der Waals surface area (Å²) in [6, 6.07) is 7.66. The van der Waals surface area contributed by atoms with Crippen LogP contribution in [0.5, 0.6) is 0 Å². The zero-order valence-electron chi connectivity index (χ0n) is 10.0. The van der Waals surface area contributed by atoms with Crippen LogP contribution in [0, 0.1) is 17.2 Å². The molecule has 2 N–H and O–H groups in total. The Bertz CT molecular complexity index is 437. The van der Waals surface area contributed by atoms with Gasteiger partial charge in [-0.2, -0.15) is 18.4 Å². The fourth-order valence-electron chi connectivity index (χ4n) is 1.27. The van der Waals surface area contributed by atoms with Crippen molar-refractivity contribution in [1.82, 2.24) is 5.43 Å². The van der Waals surface area contributed by atoms with Gasteiger partial charge in [-0.25, -0.2) is 5.43 Å². The van der Waals surface area contributed by atoms with Crippen molar-refractivity contribution < 1.29 is 13.2 Å². The van der Waals surface area contributed by atoms with Gasteiger partial charge in [0.25, 0.3) is 0 Å². The molecule has 0 aliphatic rings. The van der Waals surface area contributed by atoms with Gasteiger partial charge in [-0.15, -0.1) is 0 Å². The van der Waals surface area contributed by atoms with Crippen LogP contribution in [0.25, 0.3) is 0 Å². The van der Waals surface area contributed by atoms with Gasteiger partial charge in [0.05, 0.1) is 23.2 Å². The molecule has 18 heavy (non-hydrogen) atoms. The molecule has 0 saturated carbocycles. The highest BCUT2D eigenvalue weighted by Crippen LogP contribution is 2.28. The molecule has 0 fully saturated rings. The predicted molar refractivity (Wildman–Crippen MR) is 62.6 cm³/mol. The van der Waals surface area contributed by atoms with E-state index in [1.165, 1.54) is 6.92 Å². The second kappa shape index (κ2) is 5.74. The molecule has 0 amide bonds. The number of halogens is 3. The van der Waals surface area contributed by atoms with E-state index in [-0.39, 0.29) is 0 Å². The molecule has 0 bridgehead atoms. The first-order valence-electron chi connectivity index (χ1n) is 5.43. The summed E-state index contributed by atoms with van der Waals surface area (Å²) in [5, 5.41) is 8.69. The summed E-state index contributed by atoms with van der Waals surface area (Å²) in [5.74, 6) is -1.47. The monoisotopic (exact) mass is 257 g/mol. The lowest BCUT2D eigenvalue weighted by Crippen LogP contribution is -2.42. The summed E-state index contributed by atoms with van der Waals surface area (Å²) in [5.41, 5.74) is 6.24. The summed E-state index contributed by atoms with van der Waals surface area (Å²) in [4.78, 5) is 0. The smallest absolute Gasteiger partial charge is 0.321 e. The topological polar surface area (TPSA) is 47.8 Å². The van der Waals surface area contributed by atoms with Crippen molar-refractivity contribution in [3.63, 3.8) is 0 Å². The van der Waals surface area contributed by atoms with E-state index in [1.54, 1.807) is 24.3 Å². The number of hydrogen-bond donors (Lipinski definition) is 2. The third-order valence-electron chi connectivity index (χ3n) is 2.70. The first-order valence-corrected chi connectivity index (χ1v) is 5.43. The fraction of sp³-hybridized carbons (Fsp3) is 0.417. The molecule has 3 nitrogen and oxygen atoms in total. The lowest BCUT2D eigenvalue weighted by atomic mass is 10.0. The van der Waals surface area contributed by atoms with E-state index >= 15 is 0 Å². The Hall–Kier alpha value is -1.74. The van der Waals surface area contributed by atoms with E-state index in [0.29, 0.717) is 11.3 Å². The van der Waals surface area contributed by atoms with Crippen molar-refractivity contribution >= 4 is 5.69 Å². The molecule has 98 valence electrons. The van der Waals surface area contributed by atoms with Gasteiger partial charge < -0.3 is 5.43 Å². The Labute approximate surface area is 104 Å². The first kappa shape index (κ1) is 14.3. The maximum Gasteiger partial charge on any atom is 0.393 e. The summed E-state index contributed by atoms with van der Waals surface area (Å²) >= 11 is 0. The number of hydrogen-bond acceptors (Lipinski definition) is 3. The Kier molecular flexibility index (Phi) is 4.56. The van der Waals surface area contributed by atoms with Crippen LogP contribution in [0.1, 0.15) is 19.4 Å². The minimum absolute atomic E-state index is 0.443. The summed E-state index contributed by atoms with van der Waals surface area (Å²) in [6.07, 6.45) is -4.23. The molecule has 2 atom stereocenters. The molecule has 1 rings (SSSR count). The van der Waals surface area contributed by atoms with Crippen LogP contribution >= 0.6 is 0 Å². The molecule has 0 saturated heterocycles. The highest BCUT2D eigenvalue weighted by atomic mass is 19.4. The molecular weight excluding hydrogens is 243 g/mol. The minimum Gasteiger partial charge on any atom is -0.321 e. The zero-order chi connectivity index (χ0) is 13.8. The van der Waals surface area contributed by atoms with E-state index in [2.05, 4.69) is 10.9 Å². The molecule has 1 unspecified atom stereocenters. The average molecular weight is 257 g/mol. The van der Waals surface area contributed by atoms with E-state index in [9.17, 15) is 13.2 Å². The molecular formula is C12H14F3N3. The zero-order valence-corrected chi connectivity index (χ0v) is 10.0. The molecule has 0 aliphatic heterocycles. The van der Waals surface area contributed by atoms with Crippen LogP contribution in [-0.4, -0.2) is 12.2 Å². The van der Waals surface area contributed by atoms with E-state index in [4.69, 9.17) is 5.26 Å². The van der Waals surface area contributed by atoms with E-state index in [1.807, 2.05) is 6.07 Å². The van der Waals surface area contributed by atoms with Crippen LogP contribution in [0.15, 0.2) is 24.3 Å². The normalized spacial score (nSPS) is 14.7. The number of rotatable bonds is 4. The number of anilines is 1. The molecule has 0 radical (unpaired) electrons. The molecule has 0 heterocycles. The molecule has 0 spiro atoms. The van der Waals surface area contributed by atoms with Crippen molar-refractivity contribution in [3.05, 3.63) is 29.8 Å². The summed E-state index contributed by atoms with van der Waals surface area (Å²) < 4.78 is 37.3. The van der Waals surface area contributed by atoms with Crippen molar-refractivity contribution in [2.24, 2.45) is 5.92 Å². The molecule has 0 aliphatic carbocycles. The Morgan fingerprint density at radius 1 is 1.28 bits per heavy atom. The number of nitrogens with zero attached hydrogens (tertiary/aromatic N) is 1. The lowest BCUT2D eigenvalue weighted by Gasteiger charge is -2.24. The van der Waals surface area contributed by atoms with Crippen LogP contribution in [0.2, 0.25) is 0 Å². The van der Waals surface area contributed by atoms with E-state index in [0.717, 1.165) is 6.92 Å². The predicted octanol–water partition coefficient (Wildman–Crippen LogP) is 3.06. The standard InChI is InChI=1S/C12H14F3N3/c1-8(12(13,14)15)9(2)17-18-11-5-3-4-10(6-11)7-16/h3-6,8-9,17-18H,1-2H3/t8?,9-/m0/s1. The Balaban J connectivity index is 2.57. The highest BCUT2D eigenvalue weighted by molar-refractivity contribution is 5.48. The summed E-state index contributed by atoms with van der Waals surface area (Å²) in [7, 11) is 0. The van der Waals surface area contributed by atoms with Gasteiger partial charge >= 0.3 is 6.18 Å². The number of nitriles is 1. The lowest BCUT2D eigenvalue weighted by molar-refractivity contribution is -0.175. The van der Waals surface area contributed by atoms with Gasteiger partial charge in [-0.05, 0) is 25.1 Å². The van der Waals surface area contributed by atoms with Gasteiger partial charge in [0.1, 0.15) is 0 Å². The molecule has 1 aromatic rings. The second-order valence-corrected chi connectivity index (χ2v) is 4.08. The largest absolute Gasteiger partial charge is 0.393 e. The van der Waals surface area contributed by atoms with E-state index < -0.39 is 18.1 Å². The maximum atomic E-state index is 12.4. The van der Waals surface area contributed by atoms with Crippen LogP contribution < -0.4 is 10.9 Å².